The van der Waals surface area contributed by atoms with Crippen molar-refractivity contribution in [3.8, 4) is 17.0 Å². The van der Waals surface area contributed by atoms with Gasteiger partial charge in [0.05, 0.1) is 12.8 Å². The summed E-state index contributed by atoms with van der Waals surface area (Å²) in [5, 5.41) is 16.8. The van der Waals surface area contributed by atoms with Crippen LogP contribution in [-0.4, -0.2) is 69.0 Å². The van der Waals surface area contributed by atoms with Crippen molar-refractivity contribution in [2.45, 2.75) is 38.5 Å². The number of hydrogen-bond acceptors (Lipinski definition) is 5. The average Bonchev–Trinajstić information content (AvgIpc) is 3.48. The molecule has 0 radical (unpaired) electrons. The molecule has 3 N–H and O–H groups in total. The third-order valence-corrected chi connectivity index (χ3v) is 7.05. The molecule has 4 heterocycles. The van der Waals surface area contributed by atoms with Crippen LogP contribution in [0.5, 0.6) is 5.75 Å². The van der Waals surface area contributed by atoms with Crippen LogP contribution < -0.4 is 10.1 Å². The van der Waals surface area contributed by atoms with Gasteiger partial charge in [-0.1, -0.05) is 19.9 Å². The van der Waals surface area contributed by atoms with Gasteiger partial charge in [-0.2, -0.15) is 5.10 Å². The topological polar surface area (TPSA) is 108 Å². The third-order valence-electron chi connectivity index (χ3n) is 7.05. The Morgan fingerprint density at radius 2 is 2.09 bits per heavy atom. The summed E-state index contributed by atoms with van der Waals surface area (Å²) in [6.45, 7) is 7.66. The maximum absolute atomic E-state index is 10.7. The minimum atomic E-state index is -0.959. The lowest BCUT2D eigenvalue weighted by Gasteiger charge is -2.32. The zero-order valence-corrected chi connectivity index (χ0v) is 20.4. The number of piperidine rings is 1. The molecule has 9 nitrogen and oxygen atoms in total. The van der Waals surface area contributed by atoms with E-state index in [1.165, 1.54) is 22.8 Å². The van der Waals surface area contributed by atoms with Crippen molar-refractivity contribution >= 4 is 22.6 Å². The number of aromatic nitrogens is 4. The predicted molar refractivity (Wildman–Crippen MR) is 135 cm³/mol. The summed E-state index contributed by atoms with van der Waals surface area (Å²) in [6.07, 6.45) is 4.73. The van der Waals surface area contributed by atoms with Gasteiger partial charge in [0.2, 0.25) is 0 Å². The number of aromatic amines is 1. The highest BCUT2D eigenvalue weighted by atomic mass is 16.5. The van der Waals surface area contributed by atoms with Crippen LogP contribution in [0.15, 0.2) is 36.8 Å². The Kier molecular flexibility index (Phi) is 6.34. The molecule has 184 valence electrons. The molecule has 0 atom stereocenters. The van der Waals surface area contributed by atoms with Crippen molar-refractivity contribution in [2.75, 3.05) is 33.3 Å². The van der Waals surface area contributed by atoms with Crippen LogP contribution in [0, 0.1) is 0 Å². The van der Waals surface area contributed by atoms with Crippen LogP contribution in [0.2, 0.25) is 0 Å². The number of H-pyrrole nitrogens is 1. The summed E-state index contributed by atoms with van der Waals surface area (Å²) in [7, 11) is 1.66. The molecule has 0 saturated carbocycles. The number of fused-ring (bicyclic) bond motifs is 2. The number of amides is 1. The number of hydrogen-bond donors (Lipinski definition) is 3. The summed E-state index contributed by atoms with van der Waals surface area (Å²) in [4.78, 5) is 21.0. The fourth-order valence-electron chi connectivity index (χ4n) is 5.31. The maximum Gasteiger partial charge on any atom is 0.404 e. The van der Waals surface area contributed by atoms with E-state index in [0.717, 1.165) is 49.2 Å². The van der Waals surface area contributed by atoms with E-state index in [1.807, 2.05) is 12.3 Å². The number of rotatable bonds is 7. The minimum Gasteiger partial charge on any atom is -0.493 e. The van der Waals surface area contributed by atoms with E-state index in [0.29, 0.717) is 29.8 Å². The van der Waals surface area contributed by atoms with Crippen LogP contribution >= 0.6 is 0 Å². The van der Waals surface area contributed by atoms with E-state index < -0.39 is 6.09 Å². The van der Waals surface area contributed by atoms with Crippen molar-refractivity contribution in [1.29, 1.82) is 0 Å². The monoisotopic (exact) mass is 476 g/mol. The van der Waals surface area contributed by atoms with Gasteiger partial charge >= 0.3 is 6.09 Å². The van der Waals surface area contributed by atoms with Crippen LogP contribution in [0.3, 0.4) is 0 Å². The molecule has 3 aromatic heterocycles. The van der Waals surface area contributed by atoms with Gasteiger partial charge in [0.1, 0.15) is 6.33 Å². The first-order valence-electron chi connectivity index (χ1n) is 12.2. The first-order valence-corrected chi connectivity index (χ1v) is 12.2. The Morgan fingerprint density at radius 3 is 2.80 bits per heavy atom. The van der Waals surface area contributed by atoms with Crippen molar-refractivity contribution < 1.29 is 14.6 Å². The normalized spacial score (nSPS) is 15.3. The first kappa shape index (κ1) is 23.2. The molecule has 9 heteroatoms. The van der Waals surface area contributed by atoms with Crippen molar-refractivity contribution in [3.63, 3.8) is 0 Å². The first-order chi connectivity index (χ1) is 16.9. The predicted octanol–water partition coefficient (Wildman–Crippen LogP) is 4.46. The fraction of sp³-hybridized carbons (Fsp3) is 0.423. The van der Waals surface area contributed by atoms with E-state index in [2.05, 4.69) is 57.3 Å². The Balaban J connectivity index is 1.43. The van der Waals surface area contributed by atoms with E-state index in [-0.39, 0.29) is 0 Å². The molecule has 1 aliphatic rings. The third kappa shape index (κ3) is 4.55. The lowest BCUT2D eigenvalue weighted by molar-refractivity contribution is 0.185. The van der Waals surface area contributed by atoms with Gasteiger partial charge in [0.15, 0.2) is 11.4 Å². The largest absolute Gasteiger partial charge is 0.493 e. The second-order valence-electron chi connectivity index (χ2n) is 9.55. The van der Waals surface area contributed by atoms with Crippen LogP contribution in [0.4, 0.5) is 4.79 Å². The molecular weight excluding hydrogens is 444 g/mol. The van der Waals surface area contributed by atoms with Gasteiger partial charge in [-0.3, -0.25) is 0 Å². The quantitative estimate of drug-likeness (QED) is 0.364. The highest BCUT2D eigenvalue weighted by molar-refractivity contribution is 5.92. The van der Waals surface area contributed by atoms with Gasteiger partial charge in [-0.15, -0.1) is 0 Å². The van der Waals surface area contributed by atoms with E-state index in [9.17, 15) is 4.79 Å². The number of methoxy groups -OCH3 is 1. The number of ether oxygens (including phenoxy) is 1. The molecule has 1 saturated heterocycles. The van der Waals surface area contributed by atoms with E-state index in [1.54, 1.807) is 11.6 Å². The van der Waals surface area contributed by atoms with Crippen LogP contribution in [-0.2, 0) is 0 Å². The number of nitrogens with one attached hydrogen (secondary N) is 2. The average molecular weight is 477 g/mol. The van der Waals surface area contributed by atoms with Gasteiger partial charge < -0.3 is 25.0 Å². The number of benzene rings is 1. The molecule has 1 aliphatic heterocycles. The molecule has 35 heavy (non-hydrogen) atoms. The standard InChI is InChI=1S/C26H32N6O3/c1-16(2)23-20-12-18(17-6-9-31(10-7-17)11-8-27-26(33)34)4-5-21(20)30-24(23)19-13-22(35-3)25-28-15-29-32(25)14-19/h4-5,12-17,27,30H,6-11H2,1-3H3,(H,33,34). The fourth-order valence-corrected chi connectivity index (χ4v) is 5.31. The number of nitrogens with zero attached hydrogens (tertiary/aromatic N) is 4. The van der Waals surface area contributed by atoms with Gasteiger partial charge in [0.25, 0.3) is 0 Å². The lowest BCUT2D eigenvalue weighted by Crippen LogP contribution is -2.38. The zero-order valence-electron chi connectivity index (χ0n) is 20.4. The molecule has 1 fully saturated rings. The van der Waals surface area contributed by atoms with Crippen molar-refractivity contribution in [3.05, 3.63) is 47.9 Å². The Morgan fingerprint density at radius 1 is 1.29 bits per heavy atom. The number of carbonyl (C=O) groups is 1. The Bertz CT molecular complexity index is 1350. The molecular formula is C26H32N6O3. The SMILES string of the molecule is COc1cc(-c2[nH]c3ccc(C4CCN(CCNC(=O)O)CC4)cc3c2C(C)C)cn2ncnc12. The minimum absolute atomic E-state index is 0.329. The number of pyridine rings is 1. The summed E-state index contributed by atoms with van der Waals surface area (Å²) in [5.74, 6) is 1.53. The Hall–Kier alpha value is -3.59. The molecule has 0 bridgehead atoms. The lowest BCUT2D eigenvalue weighted by atomic mass is 9.87. The zero-order chi connectivity index (χ0) is 24.5. The smallest absolute Gasteiger partial charge is 0.404 e. The van der Waals surface area contributed by atoms with Gasteiger partial charge in [-0.25, -0.2) is 14.3 Å². The summed E-state index contributed by atoms with van der Waals surface area (Å²) in [5.41, 5.74) is 6.60. The molecule has 1 aromatic carbocycles. The van der Waals surface area contributed by atoms with Crippen LogP contribution in [0.25, 0.3) is 27.8 Å². The van der Waals surface area contributed by atoms with Gasteiger partial charge in [0, 0.05) is 35.8 Å². The van der Waals surface area contributed by atoms with Gasteiger partial charge in [-0.05, 0) is 67.1 Å². The van der Waals surface area contributed by atoms with Crippen LogP contribution in [0.1, 0.15) is 49.7 Å². The second-order valence-corrected chi connectivity index (χ2v) is 9.55. The molecule has 4 aromatic rings. The second kappa shape index (κ2) is 9.58. The molecule has 0 unspecified atom stereocenters. The van der Waals surface area contributed by atoms with E-state index in [4.69, 9.17) is 9.84 Å². The molecule has 1 amide bonds. The molecule has 5 rings (SSSR count). The van der Waals surface area contributed by atoms with Crippen molar-refractivity contribution in [2.24, 2.45) is 0 Å². The highest BCUT2D eigenvalue weighted by Gasteiger charge is 2.23. The Labute approximate surface area is 204 Å². The van der Waals surface area contributed by atoms with E-state index >= 15 is 0 Å². The molecule has 0 spiro atoms. The van der Waals surface area contributed by atoms with Crippen molar-refractivity contribution in [1.82, 2.24) is 29.8 Å². The molecule has 0 aliphatic carbocycles. The highest BCUT2D eigenvalue weighted by Crippen LogP contribution is 2.39. The summed E-state index contributed by atoms with van der Waals surface area (Å²) in [6, 6.07) is 8.84. The maximum atomic E-state index is 10.7. The number of carboxylic acid groups (broad SMARTS) is 1. The summed E-state index contributed by atoms with van der Waals surface area (Å²) < 4.78 is 7.35. The number of likely N-dealkylation sites (tertiary alicyclic amines) is 1. The summed E-state index contributed by atoms with van der Waals surface area (Å²) >= 11 is 0.